The van der Waals surface area contributed by atoms with Crippen LogP contribution in [-0.4, -0.2) is 5.11 Å². The van der Waals surface area contributed by atoms with Crippen LogP contribution >= 0.6 is 15.9 Å². The molecule has 76 valence electrons. The molecule has 0 aliphatic carbocycles. The van der Waals surface area contributed by atoms with E-state index < -0.39 is 0 Å². The summed E-state index contributed by atoms with van der Waals surface area (Å²) in [6.45, 7) is 2.06. The van der Waals surface area contributed by atoms with Gasteiger partial charge in [-0.05, 0) is 36.2 Å². The molecular formula is C13H11BrO. The summed E-state index contributed by atoms with van der Waals surface area (Å²) in [4.78, 5) is 0. The summed E-state index contributed by atoms with van der Waals surface area (Å²) in [5.41, 5.74) is 3.34. The number of hydrogen-bond acceptors (Lipinski definition) is 1. The van der Waals surface area contributed by atoms with Gasteiger partial charge in [0.15, 0.2) is 0 Å². The van der Waals surface area contributed by atoms with Gasteiger partial charge in [-0.25, -0.2) is 0 Å². The molecular weight excluding hydrogens is 252 g/mol. The fourth-order valence-electron chi connectivity index (χ4n) is 1.47. The Bertz CT molecular complexity index is 474. The van der Waals surface area contributed by atoms with Gasteiger partial charge in [-0.2, -0.15) is 0 Å². The van der Waals surface area contributed by atoms with E-state index in [4.69, 9.17) is 0 Å². The highest BCUT2D eigenvalue weighted by Gasteiger charge is 2.03. The van der Waals surface area contributed by atoms with E-state index in [9.17, 15) is 5.11 Å². The smallest absolute Gasteiger partial charge is 0.116 e. The average molecular weight is 263 g/mol. The highest BCUT2D eigenvalue weighted by Crippen LogP contribution is 2.31. The molecule has 0 heterocycles. The van der Waals surface area contributed by atoms with Crippen molar-refractivity contribution in [1.82, 2.24) is 0 Å². The van der Waals surface area contributed by atoms with Crippen LogP contribution in [-0.2, 0) is 0 Å². The average Bonchev–Trinajstić information content (AvgIpc) is 2.23. The second-order valence-corrected chi connectivity index (χ2v) is 4.38. The Morgan fingerprint density at radius 2 is 1.67 bits per heavy atom. The molecule has 0 radical (unpaired) electrons. The lowest BCUT2D eigenvalue weighted by Crippen LogP contribution is -1.80. The summed E-state index contributed by atoms with van der Waals surface area (Å²) < 4.78 is 0.990. The summed E-state index contributed by atoms with van der Waals surface area (Å²) in [6.07, 6.45) is 0. The quantitative estimate of drug-likeness (QED) is 0.820. The summed E-state index contributed by atoms with van der Waals surface area (Å²) in [7, 11) is 0. The van der Waals surface area contributed by atoms with Gasteiger partial charge in [0.1, 0.15) is 5.75 Å². The minimum atomic E-state index is 0.286. The Kier molecular flexibility index (Phi) is 2.78. The van der Waals surface area contributed by atoms with Crippen molar-refractivity contribution in [3.63, 3.8) is 0 Å². The molecule has 0 saturated heterocycles. The molecule has 0 aliphatic rings. The minimum Gasteiger partial charge on any atom is -0.508 e. The molecule has 0 atom stereocenters. The molecule has 1 N–H and O–H groups in total. The van der Waals surface area contributed by atoms with Crippen LogP contribution < -0.4 is 0 Å². The topological polar surface area (TPSA) is 20.2 Å². The molecule has 0 amide bonds. The monoisotopic (exact) mass is 262 g/mol. The van der Waals surface area contributed by atoms with Crippen molar-refractivity contribution in [3.05, 3.63) is 52.5 Å². The number of hydrogen-bond donors (Lipinski definition) is 1. The van der Waals surface area contributed by atoms with E-state index in [0.717, 1.165) is 15.6 Å². The standard InChI is InChI=1S/C13H11BrO/c1-9-2-4-10(5-3-9)12-8-11(15)6-7-13(12)14/h2-8,15H,1H3. The molecule has 0 spiro atoms. The van der Waals surface area contributed by atoms with E-state index in [1.807, 2.05) is 6.07 Å². The Morgan fingerprint density at radius 1 is 1.00 bits per heavy atom. The van der Waals surface area contributed by atoms with Gasteiger partial charge in [-0.3, -0.25) is 0 Å². The first-order valence-corrected chi connectivity index (χ1v) is 5.51. The molecule has 0 aliphatic heterocycles. The van der Waals surface area contributed by atoms with Crippen LogP contribution in [0.3, 0.4) is 0 Å². The lowest BCUT2D eigenvalue weighted by molar-refractivity contribution is 0.475. The highest BCUT2D eigenvalue weighted by atomic mass is 79.9. The number of halogens is 1. The lowest BCUT2D eigenvalue weighted by Gasteiger charge is -2.05. The predicted molar refractivity (Wildman–Crippen MR) is 66.0 cm³/mol. The maximum atomic E-state index is 9.43. The number of phenolic OH excluding ortho intramolecular Hbond substituents is 1. The molecule has 2 aromatic rings. The number of benzene rings is 2. The number of rotatable bonds is 1. The van der Waals surface area contributed by atoms with Crippen molar-refractivity contribution in [3.8, 4) is 16.9 Å². The third-order valence-electron chi connectivity index (χ3n) is 2.31. The van der Waals surface area contributed by atoms with Gasteiger partial charge < -0.3 is 5.11 Å². The molecule has 1 nitrogen and oxygen atoms in total. The van der Waals surface area contributed by atoms with Crippen LogP contribution in [0.1, 0.15) is 5.56 Å². The molecule has 0 aromatic heterocycles. The van der Waals surface area contributed by atoms with Crippen LogP contribution in [0.2, 0.25) is 0 Å². The molecule has 2 heteroatoms. The third kappa shape index (κ3) is 2.21. The van der Waals surface area contributed by atoms with Gasteiger partial charge in [0.25, 0.3) is 0 Å². The predicted octanol–water partition coefficient (Wildman–Crippen LogP) is 4.13. The summed E-state index contributed by atoms with van der Waals surface area (Å²) in [5.74, 6) is 0.286. The van der Waals surface area contributed by atoms with Gasteiger partial charge in [-0.1, -0.05) is 45.8 Å². The Morgan fingerprint density at radius 3 is 2.33 bits per heavy atom. The van der Waals surface area contributed by atoms with Crippen LogP contribution in [0.5, 0.6) is 5.75 Å². The Balaban J connectivity index is 2.53. The van der Waals surface area contributed by atoms with Gasteiger partial charge in [0.05, 0.1) is 0 Å². The summed E-state index contributed by atoms with van der Waals surface area (Å²) in [5, 5.41) is 9.43. The van der Waals surface area contributed by atoms with Crippen LogP contribution in [0.25, 0.3) is 11.1 Å². The largest absolute Gasteiger partial charge is 0.508 e. The van der Waals surface area contributed by atoms with Crippen molar-refractivity contribution in [2.24, 2.45) is 0 Å². The lowest BCUT2D eigenvalue weighted by atomic mass is 10.0. The van der Waals surface area contributed by atoms with Gasteiger partial charge in [-0.15, -0.1) is 0 Å². The van der Waals surface area contributed by atoms with Crippen LogP contribution in [0.4, 0.5) is 0 Å². The normalized spacial score (nSPS) is 10.3. The van der Waals surface area contributed by atoms with E-state index in [2.05, 4.69) is 47.1 Å². The fourth-order valence-corrected chi connectivity index (χ4v) is 1.94. The zero-order valence-electron chi connectivity index (χ0n) is 8.37. The molecule has 15 heavy (non-hydrogen) atoms. The third-order valence-corrected chi connectivity index (χ3v) is 3.00. The van der Waals surface area contributed by atoms with Crippen molar-refractivity contribution >= 4 is 15.9 Å². The van der Waals surface area contributed by atoms with E-state index >= 15 is 0 Å². The zero-order chi connectivity index (χ0) is 10.8. The van der Waals surface area contributed by atoms with Gasteiger partial charge in [0, 0.05) is 4.47 Å². The Labute approximate surface area is 97.5 Å². The maximum absolute atomic E-state index is 9.43. The van der Waals surface area contributed by atoms with Crippen LogP contribution in [0.15, 0.2) is 46.9 Å². The van der Waals surface area contributed by atoms with E-state index in [1.165, 1.54) is 5.56 Å². The van der Waals surface area contributed by atoms with Gasteiger partial charge in [0.2, 0.25) is 0 Å². The second kappa shape index (κ2) is 4.07. The van der Waals surface area contributed by atoms with Crippen molar-refractivity contribution in [1.29, 1.82) is 0 Å². The zero-order valence-corrected chi connectivity index (χ0v) is 9.95. The first-order chi connectivity index (χ1) is 7.16. The minimum absolute atomic E-state index is 0.286. The summed E-state index contributed by atoms with van der Waals surface area (Å²) >= 11 is 3.47. The van der Waals surface area contributed by atoms with Gasteiger partial charge >= 0.3 is 0 Å². The molecule has 0 bridgehead atoms. The molecule has 2 aromatic carbocycles. The van der Waals surface area contributed by atoms with Crippen molar-refractivity contribution < 1.29 is 5.11 Å². The molecule has 0 saturated carbocycles. The van der Waals surface area contributed by atoms with Crippen molar-refractivity contribution in [2.75, 3.05) is 0 Å². The molecule has 2 rings (SSSR count). The SMILES string of the molecule is Cc1ccc(-c2cc(O)ccc2Br)cc1. The second-order valence-electron chi connectivity index (χ2n) is 3.53. The highest BCUT2D eigenvalue weighted by molar-refractivity contribution is 9.10. The number of aryl methyl sites for hydroxylation is 1. The van der Waals surface area contributed by atoms with E-state index in [1.54, 1.807) is 12.1 Å². The molecule has 0 fully saturated rings. The first kappa shape index (κ1) is 10.2. The van der Waals surface area contributed by atoms with E-state index in [0.29, 0.717) is 0 Å². The van der Waals surface area contributed by atoms with Crippen molar-refractivity contribution in [2.45, 2.75) is 6.92 Å². The maximum Gasteiger partial charge on any atom is 0.116 e. The molecule has 0 unspecified atom stereocenters. The number of aromatic hydroxyl groups is 1. The van der Waals surface area contributed by atoms with Crippen LogP contribution in [0, 0.1) is 6.92 Å². The number of phenols is 1. The first-order valence-electron chi connectivity index (χ1n) is 4.72. The van der Waals surface area contributed by atoms with E-state index in [-0.39, 0.29) is 5.75 Å². The fraction of sp³-hybridized carbons (Fsp3) is 0.0769. The summed E-state index contributed by atoms with van der Waals surface area (Å²) in [6, 6.07) is 13.5. The Hall–Kier alpha value is -1.28.